The molecule has 0 unspecified atom stereocenters. The lowest BCUT2D eigenvalue weighted by Crippen LogP contribution is -2.15. The molecule has 0 radical (unpaired) electrons. The van der Waals surface area contributed by atoms with Gasteiger partial charge in [0.05, 0.1) is 0 Å². The summed E-state index contributed by atoms with van der Waals surface area (Å²) in [4.78, 5) is 12.5. The molecule has 4 rings (SSSR count). The van der Waals surface area contributed by atoms with Gasteiger partial charge in [-0.2, -0.15) is 4.98 Å². The second-order valence-electron chi connectivity index (χ2n) is 4.56. The molecule has 0 aliphatic carbocycles. The highest BCUT2D eigenvalue weighted by Gasteiger charge is 2.14. The maximum absolute atomic E-state index is 5.57. The number of fused-ring (bicyclic) bond motifs is 1. The zero-order chi connectivity index (χ0) is 14.8. The summed E-state index contributed by atoms with van der Waals surface area (Å²) in [5.41, 5.74) is 0.860. The number of H-pyrrole nitrogens is 1. The van der Waals surface area contributed by atoms with E-state index in [0.29, 0.717) is 36.7 Å². The molecule has 8 nitrogen and oxygen atoms in total. The van der Waals surface area contributed by atoms with Crippen molar-refractivity contribution in [3.05, 3.63) is 36.7 Å². The number of benzene rings is 1. The summed E-state index contributed by atoms with van der Waals surface area (Å²) in [7, 11) is 0. The Kier molecular flexibility index (Phi) is 3.04. The van der Waals surface area contributed by atoms with Crippen LogP contribution in [-0.4, -0.2) is 38.4 Å². The van der Waals surface area contributed by atoms with Crippen LogP contribution < -0.4 is 14.8 Å². The first-order chi connectivity index (χ1) is 10.9. The largest absolute Gasteiger partial charge is 0.486 e. The molecule has 0 amide bonds. The number of anilines is 2. The molecule has 0 spiro atoms. The average Bonchev–Trinajstić information content (AvgIpc) is 3.04. The molecule has 3 aromatic rings. The van der Waals surface area contributed by atoms with Crippen LogP contribution in [0, 0.1) is 0 Å². The summed E-state index contributed by atoms with van der Waals surface area (Å²) in [6.07, 6.45) is 3.29. The van der Waals surface area contributed by atoms with E-state index in [2.05, 4.69) is 30.5 Å². The molecule has 110 valence electrons. The predicted octanol–water partition coefficient (Wildman–Crippen LogP) is 1.78. The maximum Gasteiger partial charge on any atom is 0.249 e. The van der Waals surface area contributed by atoms with Crippen LogP contribution in [0.3, 0.4) is 0 Å². The van der Waals surface area contributed by atoms with Crippen molar-refractivity contribution in [1.82, 2.24) is 25.1 Å². The van der Waals surface area contributed by atoms with Crippen molar-refractivity contribution in [3.63, 3.8) is 0 Å². The van der Waals surface area contributed by atoms with E-state index in [1.54, 1.807) is 18.5 Å². The Bertz CT molecular complexity index is 789. The van der Waals surface area contributed by atoms with E-state index >= 15 is 0 Å². The Morgan fingerprint density at radius 3 is 2.68 bits per heavy atom. The van der Waals surface area contributed by atoms with Crippen molar-refractivity contribution in [2.75, 3.05) is 18.5 Å². The Hall–Kier alpha value is -3.16. The third-order valence-electron chi connectivity index (χ3n) is 3.09. The van der Waals surface area contributed by atoms with Crippen molar-refractivity contribution in [3.8, 4) is 22.9 Å². The summed E-state index contributed by atoms with van der Waals surface area (Å²) in [6, 6.07) is 7.37. The van der Waals surface area contributed by atoms with Gasteiger partial charge in [-0.05, 0) is 24.3 Å². The van der Waals surface area contributed by atoms with Gasteiger partial charge in [-0.25, -0.2) is 9.97 Å². The summed E-state index contributed by atoms with van der Waals surface area (Å²) < 4.78 is 11.1. The number of aromatic nitrogens is 5. The topological polar surface area (TPSA) is 97.8 Å². The molecule has 2 aromatic heterocycles. The highest BCUT2D eigenvalue weighted by atomic mass is 16.6. The van der Waals surface area contributed by atoms with Gasteiger partial charge in [0, 0.05) is 18.0 Å². The third kappa shape index (κ3) is 2.41. The lowest BCUT2D eigenvalue weighted by molar-refractivity contribution is 0.171. The smallest absolute Gasteiger partial charge is 0.249 e. The second kappa shape index (κ2) is 5.32. The lowest BCUT2D eigenvalue weighted by Gasteiger charge is -2.18. The van der Waals surface area contributed by atoms with Crippen LogP contribution in [0.4, 0.5) is 11.9 Å². The summed E-state index contributed by atoms with van der Waals surface area (Å²) in [5, 5.41) is 9.90. The molecule has 0 saturated carbocycles. The molecular weight excluding hydrogens is 284 g/mol. The van der Waals surface area contributed by atoms with Crippen molar-refractivity contribution in [2.24, 2.45) is 0 Å². The second-order valence-corrected chi connectivity index (χ2v) is 4.56. The SMILES string of the molecule is c1cnc(Nc2n[nH]c(-c3ccc4c(c3)OCCO4)n2)nc1. The molecule has 1 aromatic carbocycles. The van der Waals surface area contributed by atoms with Crippen molar-refractivity contribution >= 4 is 11.9 Å². The van der Waals surface area contributed by atoms with E-state index in [4.69, 9.17) is 9.47 Å². The first-order valence-electron chi connectivity index (χ1n) is 6.75. The monoisotopic (exact) mass is 296 g/mol. The van der Waals surface area contributed by atoms with Gasteiger partial charge in [0.15, 0.2) is 17.3 Å². The molecule has 0 atom stereocenters. The summed E-state index contributed by atoms with van der Waals surface area (Å²) in [6.45, 7) is 1.12. The van der Waals surface area contributed by atoms with Crippen LogP contribution in [-0.2, 0) is 0 Å². The number of hydrogen-bond donors (Lipinski definition) is 2. The Morgan fingerprint density at radius 2 is 1.82 bits per heavy atom. The van der Waals surface area contributed by atoms with Gasteiger partial charge in [0.1, 0.15) is 13.2 Å². The number of hydrogen-bond acceptors (Lipinski definition) is 7. The molecule has 22 heavy (non-hydrogen) atoms. The molecule has 0 saturated heterocycles. The molecule has 8 heteroatoms. The highest BCUT2D eigenvalue weighted by molar-refractivity contribution is 5.62. The average molecular weight is 296 g/mol. The number of rotatable bonds is 3. The fourth-order valence-corrected chi connectivity index (χ4v) is 2.10. The molecular formula is C14H12N6O2. The highest BCUT2D eigenvalue weighted by Crippen LogP contribution is 2.33. The van der Waals surface area contributed by atoms with Crippen LogP contribution in [0.5, 0.6) is 11.5 Å². The van der Waals surface area contributed by atoms with Crippen molar-refractivity contribution in [2.45, 2.75) is 0 Å². The van der Waals surface area contributed by atoms with E-state index in [1.165, 1.54) is 0 Å². The first kappa shape index (κ1) is 12.6. The van der Waals surface area contributed by atoms with Crippen LogP contribution in [0.15, 0.2) is 36.7 Å². The minimum absolute atomic E-state index is 0.399. The minimum Gasteiger partial charge on any atom is -0.486 e. The zero-order valence-corrected chi connectivity index (χ0v) is 11.5. The van der Waals surface area contributed by atoms with Gasteiger partial charge in [-0.3, -0.25) is 10.4 Å². The Balaban J connectivity index is 1.59. The van der Waals surface area contributed by atoms with E-state index < -0.39 is 0 Å². The zero-order valence-electron chi connectivity index (χ0n) is 11.5. The summed E-state index contributed by atoms with van der Waals surface area (Å²) >= 11 is 0. The minimum atomic E-state index is 0.399. The van der Waals surface area contributed by atoms with Crippen LogP contribution >= 0.6 is 0 Å². The first-order valence-corrected chi connectivity index (χ1v) is 6.75. The van der Waals surface area contributed by atoms with E-state index in [-0.39, 0.29) is 0 Å². The van der Waals surface area contributed by atoms with E-state index in [0.717, 1.165) is 11.3 Å². The van der Waals surface area contributed by atoms with Crippen molar-refractivity contribution < 1.29 is 9.47 Å². The fraction of sp³-hybridized carbons (Fsp3) is 0.143. The Morgan fingerprint density at radius 1 is 1.00 bits per heavy atom. The van der Waals surface area contributed by atoms with E-state index in [1.807, 2.05) is 18.2 Å². The van der Waals surface area contributed by atoms with Gasteiger partial charge in [-0.15, -0.1) is 5.10 Å². The maximum atomic E-state index is 5.57. The normalized spacial score (nSPS) is 12.9. The van der Waals surface area contributed by atoms with Gasteiger partial charge >= 0.3 is 0 Å². The van der Waals surface area contributed by atoms with Crippen molar-refractivity contribution in [1.29, 1.82) is 0 Å². The molecule has 0 fully saturated rings. The number of aromatic amines is 1. The van der Waals surface area contributed by atoms with Crippen LogP contribution in [0.1, 0.15) is 0 Å². The fourth-order valence-electron chi connectivity index (χ4n) is 2.10. The molecule has 1 aliphatic heterocycles. The van der Waals surface area contributed by atoms with Gasteiger partial charge < -0.3 is 9.47 Å². The molecule has 1 aliphatic rings. The summed E-state index contributed by atoms with van der Waals surface area (Å²) in [5.74, 6) is 2.91. The van der Waals surface area contributed by atoms with Gasteiger partial charge in [0.25, 0.3) is 0 Å². The standard InChI is InChI=1S/C14H12N6O2/c1-4-15-13(16-5-1)18-14-17-12(19-20-14)9-2-3-10-11(8-9)22-7-6-21-10/h1-5,8H,6-7H2,(H2,15,16,17,18,19,20). The molecule has 2 N–H and O–H groups in total. The number of nitrogens with one attached hydrogen (secondary N) is 2. The predicted molar refractivity (Wildman–Crippen MR) is 78.1 cm³/mol. The van der Waals surface area contributed by atoms with E-state index in [9.17, 15) is 0 Å². The lowest BCUT2D eigenvalue weighted by atomic mass is 10.2. The molecule has 3 heterocycles. The van der Waals surface area contributed by atoms with Crippen LogP contribution in [0.2, 0.25) is 0 Å². The number of ether oxygens (including phenoxy) is 2. The Labute approximate surface area is 125 Å². The third-order valence-corrected chi connectivity index (χ3v) is 3.09. The van der Waals surface area contributed by atoms with Crippen LogP contribution in [0.25, 0.3) is 11.4 Å². The van der Waals surface area contributed by atoms with Gasteiger partial charge in [0.2, 0.25) is 11.9 Å². The number of nitrogens with zero attached hydrogens (tertiary/aromatic N) is 4. The molecule has 0 bridgehead atoms. The van der Waals surface area contributed by atoms with Gasteiger partial charge in [-0.1, -0.05) is 0 Å². The quantitative estimate of drug-likeness (QED) is 0.760.